The lowest BCUT2D eigenvalue weighted by Crippen LogP contribution is -2.40. The molecule has 2 bridgehead atoms. The molecular weight excluding hydrogens is 424 g/mol. The van der Waals surface area contributed by atoms with E-state index < -0.39 is 10.0 Å². The zero-order valence-corrected chi connectivity index (χ0v) is 20.0. The van der Waals surface area contributed by atoms with Crippen LogP contribution in [0.5, 0.6) is 5.75 Å². The lowest BCUT2D eigenvalue weighted by Gasteiger charge is -2.28. The maximum atomic E-state index is 13.3. The van der Waals surface area contributed by atoms with E-state index in [0.29, 0.717) is 28.8 Å². The molecule has 0 aliphatic heterocycles. The average Bonchev–Trinajstić information content (AvgIpc) is 3.42. The number of nitrogens with zero attached hydrogens (tertiary/aromatic N) is 1. The second kappa shape index (κ2) is 8.77. The summed E-state index contributed by atoms with van der Waals surface area (Å²) in [6, 6.07) is 11.8. The topological polar surface area (TPSA) is 75.7 Å². The molecule has 32 heavy (non-hydrogen) atoms. The number of carbonyl (C=O) groups is 1. The van der Waals surface area contributed by atoms with Crippen molar-refractivity contribution in [2.45, 2.75) is 50.5 Å². The second-order valence-corrected chi connectivity index (χ2v) is 11.2. The molecule has 0 spiro atoms. The molecule has 2 saturated carbocycles. The van der Waals surface area contributed by atoms with E-state index in [4.69, 9.17) is 4.74 Å². The normalized spacial score (nSPS) is 23.1. The monoisotopic (exact) mass is 456 g/mol. The first-order valence-corrected chi connectivity index (χ1v) is 12.7. The first-order valence-electron chi connectivity index (χ1n) is 11.3. The van der Waals surface area contributed by atoms with Crippen LogP contribution >= 0.6 is 0 Å². The smallest absolute Gasteiger partial charge is 0.264 e. The number of benzene rings is 2. The van der Waals surface area contributed by atoms with Gasteiger partial charge in [0, 0.05) is 18.7 Å². The Hall–Kier alpha value is -2.54. The third-order valence-corrected chi connectivity index (χ3v) is 9.10. The van der Waals surface area contributed by atoms with Crippen LogP contribution in [0.15, 0.2) is 47.4 Å². The highest BCUT2D eigenvalue weighted by molar-refractivity contribution is 7.92. The highest BCUT2D eigenvalue weighted by atomic mass is 32.2. The van der Waals surface area contributed by atoms with Crippen LogP contribution in [0.1, 0.15) is 48.5 Å². The molecular formula is C25H32N2O4S. The predicted octanol–water partition coefficient (Wildman–Crippen LogP) is 4.38. The van der Waals surface area contributed by atoms with Gasteiger partial charge >= 0.3 is 0 Å². The Bertz CT molecular complexity index is 1110. The van der Waals surface area contributed by atoms with Gasteiger partial charge in [-0.1, -0.05) is 24.6 Å². The van der Waals surface area contributed by atoms with Crippen molar-refractivity contribution in [3.05, 3.63) is 53.6 Å². The average molecular weight is 457 g/mol. The van der Waals surface area contributed by atoms with Crippen molar-refractivity contribution >= 4 is 21.6 Å². The molecule has 0 heterocycles. The maximum Gasteiger partial charge on any atom is 0.264 e. The summed E-state index contributed by atoms with van der Waals surface area (Å²) < 4.78 is 33.2. The van der Waals surface area contributed by atoms with Crippen LogP contribution < -0.4 is 14.4 Å². The largest absolute Gasteiger partial charge is 0.495 e. The minimum atomic E-state index is -3.88. The number of anilines is 1. The van der Waals surface area contributed by atoms with Gasteiger partial charge in [0.2, 0.25) is 0 Å². The fraction of sp³-hybridized carbons (Fsp3) is 0.480. The molecule has 2 aliphatic carbocycles. The number of hydrogen-bond acceptors (Lipinski definition) is 4. The minimum absolute atomic E-state index is 0.0775. The van der Waals surface area contributed by atoms with E-state index in [1.54, 1.807) is 36.4 Å². The quantitative estimate of drug-likeness (QED) is 0.671. The number of hydrogen-bond donors (Lipinski definition) is 1. The van der Waals surface area contributed by atoms with Crippen molar-refractivity contribution in [1.29, 1.82) is 0 Å². The number of ether oxygens (including phenoxy) is 1. The van der Waals surface area contributed by atoms with E-state index in [2.05, 4.69) is 12.2 Å². The zero-order valence-electron chi connectivity index (χ0n) is 19.2. The summed E-state index contributed by atoms with van der Waals surface area (Å²) in [4.78, 5) is 13.2. The highest BCUT2D eigenvalue weighted by Crippen LogP contribution is 2.49. The van der Waals surface area contributed by atoms with Gasteiger partial charge in [-0.2, -0.15) is 0 Å². The van der Waals surface area contributed by atoms with E-state index in [9.17, 15) is 13.2 Å². The lowest BCUT2D eigenvalue weighted by atomic mass is 9.84. The molecule has 0 aromatic heterocycles. The molecule has 2 fully saturated rings. The van der Waals surface area contributed by atoms with Crippen molar-refractivity contribution in [2.75, 3.05) is 18.5 Å². The molecule has 0 radical (unpaired) electrons. The van der Waals surface area contributed by atoms with Gasteiger partial charge in [0.05, 0.1) is 17.7 Å². The van der Waals surface area contributed by atoms with Gasteiger partial charge < -0.3 is 10.1 Å². The number of para-hydroxylation sites is 2. The predicted molar refractivity (Wildman–Crippen MR) is 126 cm³/mol. The molecule has 1 N–H and O–H groups in total. The van der Waals surface area contributed by atoms with E-state index >= 15 is 0 Å². The maximum absolute atomic E-state index is 13.3. The summed E-state index contributed by atoms with van der Waals surface area (Å²) in [7, 11) is -0.880. The van der Waals surface area contributed by atoms with Crippen LogP contribution in [-0.4, -0.2) is 34.5 Å². The third-order valence-electron chi connectivity index (χ3n) is 7.33. The summed E-state index contributed by atoms with van der Waals surface area (Å²) in [5.74, 6) is 2.28. The van der Waals surface area contributed by atoms with E-state index in [1.807, 2.05) is 6.92 Å². The molecule has 4 unspecified atom stereocenters. The Balaban J connectivity index is 1.57. The molecule has 2 aliphatic rings. The summed E-state index contributed by atoms with van der Waals surface area (Å²) in [6.07, 6.45) is 5.05. The molecule has 0 saturated heterocycles. The fourth-order valence-corrected chi connectivity index (χ4v) is 6.71. The van der Waals surface area contributed by atoms with Crippen LogP contribution in [0.25, 0.3) is 0 Å². The third kappa shape index (κ3) is 4.10. The second-order valence-electron chi connectivity index (χ2n) is 9.22. The first kappa shape index (κ1) is 22.6. The molecule has 1 amide bonds. The number of fused-ring (bicyclic) bond motifs is 2. The zero-order chi connectivity index (χ0) is 23.0. The van der Waals surface area contributed by atoms with Crippen molar-refractivity contribution in [3.8, 4) is 5.75 Å². The number of amides is 1. The number of methoxy groups -OCH3 is 1. The van der Waals surface area contributed by atoms with Crippen molar-refractivity contribution in [2.24, 2.45) is 17.8 Å². The molecule has 4 rings (SSSR count). The molecule has 4 atom stereocenters. The number of carbonyl (C=O) groups excluding carboxylic acids is 1. The first-order chi connectivity index (χ1) is 15.2. The Kier molecular flexibility index (Phi) is 6.21. The van der Waals surface area contributed by atoms with Gasteiger partial charge in [-0.3, -0.25) is 9.10 Å². The highest BCUT2D eigenvalue weighted by Gasteiger charge is 2.42. The Morgan fingerprint density at radius 2 is 1.91 bits per heavy atom. The van der Waals surface area contributed by atoms with E-state index in [-0.39, 0.29) is 16.8 Å². The van der Waals surface area contributed by atoms with Crippen LogP contribution in [0.3, 0.4) is 0 Å². The molecule has 2 aromatic carbocycles. The van der Waals surface area contributed by atoms with Crippen molar-refractivity contribution in [3.63, 3.8) is 0 Å². The SMILES string of the molecule is COc1ccccc1N(C)S(=O)(=O)c1ccc(C)c(C(=O)NC(C)C2CC3CCC2C3)c1. The van der Waals surface area contributed by atoms with Crippen molar-refractivity contribution in [1.82, 2.24) is 5.32 Å². The lowest BCUT2D eigenvalue weighted by molar-refractivity contribution is 0.0914. The fourth-order valence-electron chi connectivity index (χ4n) is 5.48. The molecule has 7 heteroatoms. The number of aryl methyl sites for hydroxylation is 1. The van der Waals surface area contributed by atoms with E-state index in [1.165, 1.54) is 50.2 Å². The van der Waals surface area contributed by atoms with Gasteiger partial charge in [0.25, 0.3) is 15.9 Å². The summed E-state index contributed by atoms with van der Waals surface area (Å²) in [5.41, 5.74) is 1.59. The molecule has 2 aromatic rings. The molecule has 6 nitrogen and oxygen atoms in total. The number of sulfonamides is 1. The van der Waals surface area contributed by atoms with Crippen molar-refractivity contribution < 1.29 is 17.9 Å². The van der Waals surface area contributed by atoms with Gasteiger partial charge in [-0.05, 0) is 80.7 Å². The Morgan fingerprint density at radius 1 is 1.16 bits per heavy atom. The van der Waals surface area contributed by atoms with Crippen LogP contribution in [0, 0.1) is 24.7 Å². The van der Waals surface area contributed by atoms with Crippen LogP contribution in [0.4, 0.5) is 5.69 Å². The van der Waals surface area contributed by atoms with Gasteiger partial charge in [-0.15, -0.1) is 0 Å². The molecule has 172 valence electrons. The standard InChI is InChI=1S/C25H32N2O4S/c1-16-9-12-20(32(29,30)27(3)23-7-5-6-8-24(23)31-4)15-21(16)25(28)26-17(2)22-14-18-10-11-19(22)13-18/h5-9,12,15,17-19,22H,10-11,13-14H2,1-4H3,(H,26,28). The Morgan fingerprint density at radius 3 is 2.56 bits per heavy atom. The van der Waals surface area contributed by atoms with Gasteiger partial charge in [0.1, 0.15) is 5.75 Å². The van der Waals surface area contributed by atoms with Crippen LogP contribution in [0.2, 0.25) is 0 Å². The van der Waals surface area contributed by atoms with Crippen LogP contribution in [-0.2, 0) is 10.0 Å². The summed E-state index contributed by atoms with van der Waals surface area (Å²) in [6.45, 7) is 3.91. The van der Waals surface area contributed by atoms with Gasteiger partial charge in [-0.25, -0.2) is 8.42 Å². The van der Waals surface area contributed by atoms with E-state index in [0.717, 1.165) is 11.5 Å². The number of rotatable bonds is 7. The summed E-state index contributed by atoms with van der Waals surface area (Å²) >= 11 is 0. The van der Waals surface area contributed by atoms with Gasteiger partial charge in [0.15, 0.2) is 0 Å². The number of nitrogens with one attached hydrogen (secondary N) is 1. The summed E-state index contributed by atoms with van der Waals surface area (Å²) in [5, 5.41) is 3.15. The minimum Gasteiger partial charge on any atom is -0.495 e. The Labute approximate surface area is 191 Å².